The predicted molar refractivity (Wildman–Crippen MR) is 102 cm³/mol. The number of ketones is 1. The first kappa shape index (κ1) is 18.5. The van der Waals surface area contributed by atoms with Gasteiger partial charge in [0.15, 0.2) is 5.78 Å². The first-order valence-electron chi connectivity index (χ1n) is 7.99. The van der Waals surface area contributed by atoms with E-state index < -0.39 is 17.6 Å². The van der Waals surface area contributed by atoms with Gasteiger partial charge in [-0.15, -0.1) is 11.3 Å². The molecule has 0 fully saturated rings. The topological polar surface area (TPSA) is 52.6 Å². The van der Waals surface area contributed by atoms with E-state index in [9.17, 15) is 14.0 Å². The first-order chi connectivity index (χ1) is 13.1. The quantitative estimate of drug-likeness (QED) is 0.260. The molecule has 0 spiro atoms. The van der Waals surface area contributed by atoms with Crippen LogP contribution in [0.4, 0.5) is 4.39 Å². The van der Waals surface area contributed by atoms with Gasteiger partial charge in [-0.05, 0) is 47.9 Å². The lowest BCUT2D eigenvalue weighted by atomic mass is 10.1. The number of para-hydroxylation sites is 1. The number of methoxy groups -OCH3 is 1. The number of esters is 1. The highest BCUT2D eigenvalue weighted by atomic mass is 32.1. The second-order valence-electron chi connectivity index (χ2n) is 5.45. The van der Waals surface area contributed by atoms with Gasteiger partial charge in [0.2, 0.25) is 0 Å². The molecule has 0 atom stereocenters. The van der Waals surface area contributed by atoms with Gasteiger partial charge in [-0.1, -0.05) is 24.3 Å². The average Bonchev–Trinajstić information content (AvgIpc) is 3.22. The number of carbonyl (C=O) groups excluding carboxylic acids is 2. The third-order valence-corrected chi connectivity index (χ3v) is 4.54. The Morgan fingerprint density at radius 1 is 1.04 bits per heavy atom. The molecule has 0 saturated heterocycles. The van der Waals surface area contributed by atoms with E-state index >= 15 is 0 Å². The van der Waals surface area contributed by atoms with E-state index in [4.69, 9.17) is 9.47 Å². The Morgan fingerprint density at radius 2 is 1.85 bits per heavy atom. The van der Waals surface area contributed by atoms with Crippen LogP contribution in [0.25, 0.3) is 6.08 Å². The van der Waals surface area contributed by atoms with E-state index in [0.717, 1.165) is 12.1 Å². The summed E-state index contributed by atoms with van der Waals surface area (Å²) in [6.07, 6.45) is 2.85. The minimum Gasteiger partial charge on any atom is -0.496 e. The Kier molecular flexibility index (Phi) is 5.78. The molecule has 1 heterocycles. The van der Waals surface area contributed by atoms with Gasteiger partial charge in [0.1, 0.15) is 22.2 Å². The van der Waals surface area contributed by atoms with Crippen LogP contribution < -0.4 is 9.47 Å². The molecule has 3 aromatic rings. The SMILES string of the molecule is COc1ccccc1C=CC(=O)c1cc(F)ccc1OC(=O)c1cccs1. The minimum atomic E-state index is -0.598. The molecule has 0 unspecified atom stereocenters. The Balaban J connectivity index is 1.86. The summed E-state index contributed by atoms with van der Waals surface area (Å²) in [5.41, 5.74) is 0.660. The van der Waals surface area contributed by atoms with Gasteiger partial charge >= 0.3 is 5.97 Å². The van der Waals surface area contributed by atoms with Crippen LogP contribution in [0.1, 0.15) is 25.6 Å². The first-order valence-corrected chi connectivity index (χ1v) is 8.87. The summed E-state index contributed by atoms with van der Waals surface area (Å²) in [6.45, 7) is 0. The monoisotopic (exact) mass is 382 g/mol. The van der Waals surface area contributed by atoms with Crippen LogP contribution in [-0.4, -0.2) is 18.9 Å². The zero-order chi connectivity index (χ0) is 19.2. The molecule has 0 bridgehead atoms. The third-order valence-electron chi connectivity index (χ3n) is 3.69. The van der Waals surface area contributed by atoms with Gasteiger partial charge in [-0.2, -0.15) is 0 Å². The fourth-order valence-electron chi connectivity index (χ4n) is 2.39. The summed E-state index contributed by atoms with van der Waals surface area (Å²) in [7, 11) is 1.53. The second kappa shape index (κ2) is 8.42. The fourth-order valence-corrected chi connectivity index (χ4v) is 2.99. The van der Waals surface area contributed by atoms with Crippen LogP contribution in [0.3, 0.4) is 0 Å². The van der Waals surface area contributed by atoms with Crippen LogP contribution in [0.2, 0.25) is 0 Å². The zero-order valence-corrected chi connectivity index (χ0v) is 15.2. The highest BCUT2D eigenvalue weighted by Crippen LogP contribution is 2.24. The minimum absolute atomic E-state index is 0.00415. The number of halogens is 1. The maximum atomic E-state index is 13.7. The standard InChI is InChI=1S/C21H15FO4S/c1-25-18-6-3-2-5-14(18)8-10-17(23)16-13-15(22)9-11-19(16)26-21(24)20-7-4-12-27-20/h2-13H,1H3. The Hall–Kier alpha value is -3.25. The maximum absolute atomic E-state index is 13.7. The van der Waals surface area contributed by atoms with E-state index in [1.54, 1.807) is 35.7 Å². The Bertz CT molecular complexity index is 993. The van der Waals surface area contributed by atoms with Crippen LogP contribution in [-0.2, 0) is 0 Å². The van der Waals surface area contributed by atoms with Crippen molar-refractivity contribution in [2.75, 3.05) is 7.11 Å². The number of thiophene rings is 1. The van der Waals surface area contributed by atoms with Crippen molar-refractivity contribution in [2.45, 2.75) is 0 Å². The van der Waals surface area contributed by atoms with Crippen LogP contribution >= 0.6 is 11.3 Å². The summed E-state index contributed by atoms with van der Waals surface area (Å²) < 4.78 is 24.2. The number of ether oxygens (including phenoxy) is 2. The summed E-state index contributed by atoms with van der Waals surface area (Å²) in [6, 6.07) is 13.9. The highest BCUT2D eigenvalue weighted by Gasteiger charge is 2.17. The normalized spacial score (nSPS) is 10.7. The smallest absolute Gasteiger partial charge is 0.353 e. The molecule has 0 saturated carbocycles. The maximum Gasteiger partial charge on any atom is 0.353 e. The molecular weight excluding hydrogens is 367 g/mol. The average molecular weight is 382 g/mol. The lowest BCUT2D eigenvalue weighted by Gasteiger charge is -2.08. The molecule has 0 aliphatic heterocycles. The van der Waals surface area contributed by atoms with Gasteiger partial charge in [-0.3, -0.25) is 4.79 Å². The predicted octanol–water partition coefficient (Wildman–Crippen LogP) is 5.01. The highest BCUT2D eigenvalue weighted by molar-refractivity contribution is 7.12. The zero-order valence-electron chi connectivity index (χ0n) is 14.3. The van der Waals surface area contributed by atoms with Crippen molar-refractivity contribution in [3.8, 4) is 11.5 Å². The molecule has 0 radical (unpaired) electrons. The van der Waals surface area contributed by atoms with Crippen molar-refractivity contribution in [1.29, 1.82) is 0 Å². The van der Waals surface area contributed by atoms with Gasteiger partial charge in [0, 0.05) is 5.56 Å². The van der Waals surface area contributed by atoms with E-state index in [1.807, 2.05) is 12.1 Å². The van der Waals surface area contributed by atoms with E-state index in [2.05, 4.69) is 0 Å². The Labute approximate surface area is 159 Å². The van der Waals surface area contributed by atoms with Gasteiger partial charge in [0.25, 0.3) is 0 Å². The number of benzene rings is 2. The van der Waals surface area contributed by atoms with Gasteiger partial charge < -0.3 is 9.47 Å². The number of allylic oxidation sites excluding steroid dienone is 1. The van der Waals surface area contributed by atoms with Crippen LogP contribution in [0.5, 0.6) is 11.5 Å². The molecule has 4 nitrogen and oxygen atoms in total. The molecular formula is C21H15FO4S. The van der Waals surface area contributed by atoms with Gasteiger partial charge in [0.05, 0.1) is 12.7 Å². The van der Waals surface area contributed by atoms with E-state index in [-0.39, 0.29) is 11.3 Å². The molecule has 27 heavy (non-hydrogen) atoms. The molecule has 0 N–H and O–H groups in total. The van der Waals surface area contributed by atoms with Crippen LogP contribution in [0, 0.1) is 5.82 Å². The largest absolute Gasteiger partial charge is 0.496 e. The molecule has 136 valence electrons. The summed E-state index contributed by atoms with van der Waals surface area (Å²) in [4.78, 5) is 25.1. The van der Waals surface area contributed by atoms with E-state index in [0.29, 0.717) is 16.2 Å². The van der Waals surface area contributed by atoms with Crippen molar-refractivity contribution >= 4 is 29.2 Å². The van der Waals surface area contributed by atoms with Crippen molar-refractivity contribution in [2.24, 2.45) is 0 Å². The molecule has 0 amide bonds. The summed E-state index contributed by atoms with van der Waals surface area (Å²) in [5.74, 6) is -1.08. The molecule has 1 aromatic heterocycles. The third kappa shape index (κ3) is 4.48. The summed E-state index contributed by atoms with van der Waals surface area (Å²) >= 11 is 1.22. The number of hydrogen-bond acceptors (Lipinski definition) is 5. The van der Waals surface area contributed by atoms with Gasteiger partial charge in [-0.25, -0.2) is 9.18 Å². The molecule has 2 aromatic carbocycles. The lowest BCUT2D eigenvalue weighted by molar-refractivity contribution is 0.0738. The molecule has 0 aliphatic carbocycles. The summed E-state index contributed by atoms with van der Waals surface area (Å²) in [5, 5.41) is 1.74. The van der Waals surface area contributed by atoms with Crippen molar-refractivity contribution in [3.63, 3.8) is 0 Å². The van der Waals surface area contributed by atoms with Crippen LogP contribution in [0.15, 0.2) is 66.1 Å². The van der Waals surface area contributed by atoms with Crippen molar-refractivity contribution in [1.82, 2.24) is 0 Å². The number of rotatable bonds is 6. The van der Waals surface area contributed by atoms with Crippen molar-refractivity contribution in [3.05, 3.63) is 87.9 Å². The molecule has 6 heteroatoms. The van der Waals surface area contributed by atoms with E-state index in [1.165, 1.54) is 30.6 Å². The second-order valence-corrected chi connectivity index (χ2v) is 6.39. The molecule has 0 aliphatic rings. The number of carbonyl (C=O) groups is 2. The Morgan fingerprint density at radius 3 is 2.59 bits per heavy atom. The molecule has 3 rings (SSSR count). The lowest BCUT2D eigenvalue weighted by Crippen LogP contribution is -2.10. The van der Waals surface area contributed by atoms with Crippen molar-refractivity contribution < 1.29 is 23.5 Å². The fraction of sp³-hybridized carbons (Fsp3) is 0.0476. The number of hydrogen-bond donors (Lipinski definition) is 0.